The molecule has 1 aromatic carbocycles. The van der Waals surface area contributed by atoms with Crippen LogP contribution in [0.1, 0.15) is 25.8 Å². The molecule has 0 radical (unpaired) electrons. The number of hydrogen-bond acceptors (Lipinski definition) is 3. The highest BCUT2D eigenvalue weighted by molar-refractivity contribution is 5.67. The van der Waals surface area contributed by atoms with Gasteiger partial charge < -0.3 is 15.2 Å². The Morgan fingerprint density at radius 3 is 2.61 bits per heavy atom. The summed E-state index contributed by atoms with van der Waals surface area (Å²) < 4.78 is 5.19. The van der Waals surface area contributed by atoms with Gasteiger partial charge in [-0.3, -0.25) is 4.79 Å². The zero-order valence-corrected chi connectivity index (χ0v) is 11.4. The zero-order valence-electron chi connectivity index (χ0n) is 11.4. The molecule has 18 heavy (non-hydrogen) atoms. The molecule has 0 aromatic heterocycles. The number of rotatable bonds is 6. The Balaban J connectivity index is 2.63. The Labute approximate surface area is 108 Å². The fourth-order valence-electron chi connectivity index (χ4n) is 1.80. The van der Waals surface area contributed by atoms with Gasteiger partial charge in [0.1, 0.15) is 5.75 Å². The lowest BCUT2D eigenvalue weighted by Gasteiger charge is -2.23. The maximum atomic E-state index is 10.7. The monoisotopic (exact) mass is 251 g/mol. The third-order valence-corrected chi connectivity index (χ3v) is 2.80. The minimum atomic E-state index is -0.771. The van der Waals surface area contributed by atoms with E-state index in [1.807, 2.05) is 39.0 Å². The average molecular weight is 251 g/mol. The van der Waals surface area contributed by atoms with Gasteiger partial charge in [-0.25, -0.2) is 0 Å². The molecular formula is C14H21NO3. The number of carboxylic acids is 1. The van der Waals surface area contributed by atoms with Gasteiger partial charge in [-0.05, 0) is 36.1 Å². The van der Waals surface area contributed by atoms with Crippen molar-refractivity contribution in [1.82, 2.24) is 0 Å². The van der Waals surface area contributed by atoms with Crippen molar-refractivity contribution in [2.24, 2.45) is 5.41 Å². The standard InChI is InChI=1S/C14H21NO3/c1-10-7-11(5-6-12(10)18-4)15-9-14(2,3)8-13(16)17/h5-7,15H,8-9H2,1-4H3,(H,16,17). The van der Waals surface area contributed by atoms with E-state index in [0.717, 1.165) is 17.0 Å². The first-order valence-corrected chi connectivity index (χ1v) is 5.94. The predicted molar refractivity (Wildman–Crippen MR) is 72.3 cm³/mol. The summed E-state index contributed by atoms with van der Waals surface area (Å²) in [5.41, 5.74) is 1.75. The van der Waals surface area contributed by atoms with Crippen molar-refractivity contribution >= 4 is 11.7 Å². The molecule has 1 rings (SSSR count). The molecule has 0 spiro atoms. The molecule has 0 fully saturated rings. The number of ether oxygens (including phenoxy) is 1. The summed E-state index contributed by atoms with van der Waals surface area (Å²) in [5.74, 6) is 0.0815. The number of hydrogen-bond donors (Lipinski definition) is 2. The van der Waals surface area contributed by atoms with E-state index in [4.69, 9.17) is 9.84 Å². The number of aliphatic carboxylic acids is 1. The smallest absolute Gasteiger partial charge is 0.303 e. The minimum absolute atomic E-state index is 0.148. The fraction of sp³-hybridized carbons (Fsp3) is 0.500. The lowest BCUT2D eigenvalue weighted by Crippen LogP contribution is -2.26. The van der Waals surface area contributed by atoms with Crippen LogP contribution in [0.4, 0.5) is 5.69 Å². The van der Waals surface area contributed by atoms with Crippen molar-refractivity contribution < 1.29 is 14.6 Å². The Hall–Kier alpha value is -1.71. The van der Waals surface area contributed by atoms with Crippen LogP contribution >= 0.6 is 0 Å². The molecule has 0 bridgehead atoms. The maximum absolute atomic E-state index is 10.7. The van der Waals surface area contributed by atoms with Crippen LogP contribution in [0.5, 0.6) is 5.75 Å². The van der Waals surface area contributed by atoms with Gasteiger partial charge in [-0.15, -0.1) is 0 Å². The second-order valence-electron chi connectivity index (χ2n) is 5.27. The van der Waals surface area contributed by atoms with E-state index >= 15 is 0 Å². The number of nitrogens with one attached hydrogen (secondary N) is 1. The lowest BCUT2D eigenvalue weighted by atomic mass is 9.89. The topological polar surface area (TPSA) is 58.6 Å². The molecule has 0 amide bonds. The van der Waals surface area contributed by atoms with Crippen LogP contribution in [0.25, 0.3) is 0 Å². The molecular weight excluding hydrogens is 230 g/mol. The Morgan fingerprint density at radius 1 is 1.44 bits per heavy atom. The first kappa shape index (κ1) is 14.4. The van der Waals surface area contributed by atoms with Gasteiger partial charge in [0.05, 0.1) is 13.5 Å². The van der Waals surface area contributed by atoms with Crippen molar-refractivity contribution in [3.8, 4) is 5.75 Å². The summed E-state index contributed by atoms with van der Waals surface area (Å²) >= 11 is 0. The van der Waals surface area contributed by atoms with E-state index in [1.54, 1.807) is 7.11 Å². The molecule has 0 unspecified atom stereocenters. The third kappa shape index (κ3) is 4.28. The number of benzene rings is 1. The highest BCUT2D eigenvalue weighted by Gasteiger charge is 2.21. The van der Waals surface area contributed by atoms with E-state index in [9.17, 15) is 4.79 Å². The van der Waals surface area contributed by atoms with E-state index in [-0.39, 0.29) is 11.8 Å². The largest absolute Gasteiger partial charge is 0.496 e. The second kappa shape index (κ2) is 5.76. The van der Waals surface area contributed by atoms with E-state index in [2.05, 4.69) is 5.32 Å². The van der Waals surface area contributed by atoms with Gasteiger partial charge in [0, 0.05) is 12.2 Å². The van der Waals surface area contributed by atoms with Crippen LogP contribution in [0.15, 0.2) is 18.2 Å². The van der Waals surface area contributed by atoms with Gasteiger partial charge in [-0.2, -0.15) is 0 Å². The Kier molecular flexibility index (Phi) is 4.59. The maximum Gasteiger partial charge on any atom is 0.303 e. The van der Waals surface area contributed by atoms with Gasteiger partial charge in [0.25, 0.3) is 0 Å². The molecule has 2 N–H and O–H groups in total. The summed E-state index contributed by atoms with van der Waals surface area (Å²) in [7, 11) is 1.64. The number of carboxylic acid groups (broad SMARTS) is 1. The molecule has 0 saturated carbocycles. The van der Waals surface area contributed by atoms with Crippen molar-refractivity contribution in [3.05, 3.63) is 23.8 Å². The van der Waals surface area contributed by atoms with Crippen molar-refractivity contribution in [3.63, 3.8) is 0 Å². The molecule has 4 nitrogen and oxygen atoms in total. The molecule has 0 saturated heterocycles. The first-order valence-electron chi connectivity index (χ1n) is 5.94. The molecule has 0 atom stereocenters. The third-order valence-electron chi connectivity index (χ3n) is 2.80. The molecule has 0 aliphatic carbocycles. The van der Waals surface area contributed by atoms with Crippen LogP contribution in [-0.4, -0.2) is 24.7 Å². The highest BCUT2D eigenvalue weighted by Crippen LogP contribution is 2.24. The number of aryl methyl sites for hydroxylation is 1. The fourth-order valence-corrected chi connectivity index (χ4v) is 1.80. The molecule has 4 heteroatoms. The normalized spacial score (nSPS) is 11.1. The van der Waals surface area contributed by atoms with Crippen molar-refractivity contribution in [1.29, 1.82) is 0 Å². The second-order valence-corrected chi connectivity index (χ2v) is 5.27. The van der Waals surface area contributed by atoms with Crippen LogP contribution in [0.2, 0.25) is 0 Å². The van der Waals surface area contributed by atoms with Crippen LogP contribution in [0.3, 0.4) is 0 Å². The quantitative estimate of drug-likeness (QED) is 0.816. The number of anilines is 1. The van der Waals surface area contributed by atoms with E-state index < -0.39 is 5.97 Å². The molecule has 0 aliphatic heterocycles. The van der Waals surface area contributed by atoms with Gasteiger partial charge in [0.15, 0.2) is 0 Å². The summed E-state index contributed by atoms with van der Waals surface area (Å²) in [6, 6.07) is 5.83. The van der Waals surface area contributed by atoms with Gasteiger partial charge >= 0.3 is 5.97 Å². The van der Waals surface area contributed by atoms with Crippen molar-refractivity contribution in [2.75, 3.05) is 19.0 Å². The lowest BCUT2D eigenvalue weighted by molar-refractivity contribution is -0.139. The molecule has 100 valence electrons. The first-order chi connectivity index (χ1) is 8.34. The zero-order chi connectivity index (χ0) is 13.8. The summed E-state index contributed by atoms with van der Waals surface area (Å²) in [4.78, 5) is 10.7. The van der Waals surface area contributed by atoms with Crippen LogP contribution in [0, 0.1) is 12.3 Å². The van der Waals surface area contributed by atoms with Crippen LogP contribution in [-0.2, 0) is 4.79 Å². The van der Waals surface area contributed by atoms with Gasteiger partial charge in [-0.1, -0.05) is 13.8 Å². The Bertz CT molecular complexity index is 427. The van der Waals surface area contributed by atoms with Crippen LogP contribution < -0.4 is 10.1 Å². The Morgan fingerprint density at radius 2 is 2.11 bits per heavy atom. The summed E-state index contributed by atoms with van der Waals surface area (Å²) in [5, 5.41) is 12.1. The number of carbonyl (C=O) groups is 1. The van der Waals surface area contributed by atoms with Crippen molar-refractivity contribution in [2.45, 2.75) is 27.2 Å². The molecule has 0 aliphatic rings. The van der Waals surface area contributed by atoms with E-state index in [1.165, 1.54) is 0 Å². The minimum Gasteiger partial charge on any atom is -0.496 e. The van der Waals surface area contributed by atoms with E-state index in [0.29, 0.717) is 6.54 Å². The number of methoxy groups -OCH3 is 1. The average Bonchev–Trinajstić information content (AvgIpc) is 2.25. The molecule has 1 aromatic rings. The van der Waals surface area contributed by atoms with Gasteiger partial charge in [0.2, 0.25) is 0 Å². The molecule has 0 heterocycles. The SMILES string of the molecule is COc1ccc(NCC(C)(C)CC(=O)O)cc1C. The summed E-state index contributed by atoms with van der Waals surface area (Å²) in [6.45, 7) is 6.46. The highest BCUT2D eigenvalue weighted by atomic mass is 16.5. The summed E-state index contributed by atoms with van der Waals surface area (Å²) in [6.07, 6.45) is 0.148. The predicted octanol–water partition coefficient (Wildman–Crippen LogP) is 2.92.